The number of nitroso groups, excluding NO2 is 1. The highest BCUT2D eigenvalue weighted by Gasteiger charge is 2.41. The number of aliphatic carboxylic acids is 1. The predicted molar refractivity (Wildman–Crippen MR) is 228 cm³/mol. The first-order valence-electron chi connectivity index (χ1n) is 21.2. The Bertz CT molecular complexity index is 1570. The number of nitrogens with one attached hydrogen (secondary N) is 2. The van der Waals surface area contributed by atoms with Crippen molar-refractivity contribution in [3.63, 3.8) is 0 Å². The number of nitrogens with zero attached hydrogens (tertiary/aromatic N) is 4. The number of amides is 2. The summed E-state index contributed by atoms with van der Waals surface area (Å²) in [7, 11) is 1.97. The number of unbranched alkanes of at least 4 members (excludes halogenated alkanes) is 3. The summed E-state index contributed by atoms with van der Waals surface area (Å²) in [6.07, 6.45) is 7.78. The van der Waals surface area contributed by atoms with E-state index in [1.165, 1.54) is 11.3 Å². The van der Waals surface area contributed by atoms with Crippen LogP contribution in [0.2, 0.25) is 0 Å². The number of hydrogen-bond donors (Lipinski definition) is 4. The maximum Gasteiger partial charge on any atom is 0.309 e. The Balaban J connectivity index is 1.90. The molecule has 57 heavy (non-hydrogen) atoms. The van der Waals surface area contributed by atoms with Gasteiger partial charge in [-0.25, -0.2) is 9.88 Å². The van der Waals surface area contributed by atoms with Gasteiger partial charge in [0.1, 0.15) is 21.7 Å². The topological polar surface area (TPSA) is 170 Å². The molecule has 1 aromatic heterocycles. The van der Waals surface area contributed by atoms with E-state index >= 15 is 0 Å². The Morgan fingerprint density at radius 2 is 1.81 bits per heavy atom. The van der Waals surface area contributed by atoms with Gasteiger partial charge in [-0.05, 0) is 89.5 Å². The summed E-state index contributed by atoms with van der Waals surface area (Å²) in [6, 6.07) is 5.94. The minimum atomic E-state index is -1.08. The first kappa shape index (κ1) is 47.8. The smallest absolute Gasteiger partial charge is 0.309 e. The largest absolute Gasteiger partial charge is 0.481 e. The zero-order chi connectivity index (χ0) is 42.3. The van der Waals surface area contributed by atoms with E-state index in [9.17, 15) is 24.4 Å². The lowest BCUT2D eigenvalue weighted by atomic mass is 9.84. The Hall–Kier alpha value is -3.62. The summed E-state index contributed by atoms with van der Waals surface area (Å²) >= 11 is 1.34. The van der Waals surface area contributed by atoms with Crippen LogP contribution < -0.4 is 16.5 Å². The van der Waals surface area contributed by atoms with Gasteiger partial charge in [0, 0.05) is 55.7 Å². The Kier molecular flexibility index (Phi) is 19.3. The van der Waals surface area contributed by atoms with Crippen molar-refractivity contribution in [2.45, 2.75) is 156 Å². The Morgan fingerprint density at radius 1 is 1.11 bits per heavy atom. The zero-order valence-corrected chi connectivity index (χ0v) is 36.9. The molecule has 1 aliphatic heterocycles. The average Bonchev–Trinajstić information content (AvgIpc) is 3.67. The second-order valence-corrected chi connectivity index (χ2v) is 17.8. The number of ether oxygens (including phenoxy) is 1. The molecule has 1 aliphatic rings. The van der Waals surface area contributed by atoms with Crippen molar-refractivity contribution in [1.29, 1.82) is 0 Å². The number of carboxylic acid groups (broad SMARTS) is 1. The molecule has 320 valence electrons. The molecule has 0 unspecified atom stereocenters. The molecule has 6 atom stereocenters. The van der Waals surface area contributed by atoms with Crippen LogP contribution in [0.5, 0.6) is 0 Å². The molecular formula is C43H72N7O6S+. The second-order valence-electron chi connectivity index (χ2n) is 16.9. The lowest BCUT2D eigenvalue weighted by Gasteiger charge is -2.39. The number of rotatable bonds is 25. The number of thiazole rings is 1. The van der Waals surface area contributed by atoms with E-state index in [-0.39, 0.29) is 42.1 Å². The number of likely N-dealkylation sites (tertiary alicyclic amines) is 1. The molecule has 1 aromatic carbocycles. The predicted octanol–water partition coefficient (Wildman–Crippen LogP) is 7.61. The highest BCUT2D eigenvalue weighted by atomic mass is 32.1. The van der Waals surface area contributed by atoms with E-state index in [2.05, 4.69) is 43.3 Å². The summed E-state index contributed by atoms with van der Waals surface area (Å²) in [5.74, 6) is -1.44. The molecule has 3 rings (SSSR count). The Morgan fingerprint density at radius 3 is 2.40 bits per heavy atom. The zero-order valence-electron chi connectivity index (χ0n) is 36.1. The first-order valence-corrected chi connectivity index (χ1v) is 22.1. The van der Waals surface area contributed by atoms with E-state index in [1.54, 1.807) is 31.4 Å². The van der Waals surface area contributed by atoms with Crippen LogP contribution in [0.4, 0.5) is 5.69 Å². The number of aromatic nitrogens is 1. The molecule has 0 radical (unpaired) electrons. The van der Waals surface area contributed by atoms with Gasteiger partial charge < -0.3 is 25.8 Å². The highest BCUT2D eigenvalue weighted by molar-refractivity contribution is 7.09. The van der Waals surface area contributed by atoms with Gasteiger partial charge in [0.2, 0.25) is 0 Å². The number of hydrazine groups is 1. The van der Waals surface area contributed by atoms with Gasteiger partial charge >= 0.3 is 5.97 Å². The molecule has 2 aromatic rings. The minimum absolute atomic E-state index is 0.0583. The molecule has 1 fully saturated rings. The average molecular weight is 815 g/mol. The highest BCUT2D eigenvalue weighted by Crippen LogP contribution is 2.32. The maximum atomic E-state index is 14.8. The first-order chi connectivity index (χ1) is 27.0. The van der Waals surface area contributed by atoms with Crippen molar-refractivity contribution in [2.24, 2.45) is 17.3 Å². The van der Waals surface area contributed by atoms with E-state index in [0.717, 1.165) is 68.3 Å². The summed E-state index contributed by atoms with van der Waals surface area (Å²) in [6.45, 7) is 17.5. The van der Waals surface area contributed by atoms with E-state index in [4.69, 9.17) is 15.5 Å². The standard InChI is InChI=1S/C43H71N7O6S/c1-10-13-14-16-24-49(41(52)38(30(6)11-2)47-50(55)37-18-15-17-23-48(37)9)35(29(4)5)26-36(56-12-3)40-46-34(28-57-40)39(51)45-33(27-43(7,8)42(53)54)25-31-19-21-32(44)22-20-31/h19-22,28-30,33,35-38H,10-18,23-27,44H2,1-9H3,(H2-,45,47,51,53,54,55)/p+1/t30-,33-,35+,36+,37-,38-/m0/s1. The van der Waals surface area contributed by atoms with Crippen LogP contribution >= 0.6 is 11.3 Å². The fourth-order valence-electron chi connectivity index (χ4n) is 7.60. The van der Waals surface area contributed by atoms with Crippen LogP contribution in [0.25, 0.3) is 0 Å². The number of hydrogen-bond acceptors (Lipinski definition) is 9. The maximum absolute atomic E-state index is 14.8. The van der Waals surface area contributed by atoms with Crippen LogP contribution in [-0.4, -0.2) is 93.6 Å². The number of nitrogens with two attached hydrogens (primary N) is 1. The van der Waals surface area contributed by atoms with Crippen molar-refractivity contribution in [3.8, 4) is 0 Å². The quantitative estimate of drug-likeness (QED) is 0.0339. The molecule has 0 spiro atoms. The van der Waals surface area contributed by atoms with E-state index in [0.29, 0.717) is 36.7 Å². The van der Waals surface area contributed by atoms with Gasteiger partial charge in [-0.3, -0.25) is 14.4 Å². The van der Waals surface area contributed by atoms with Crippen molar-refractivity contribution >= 4 is 34.8 Å². The number of carbonyl (C=O) groups is 3. The second kappa shape index (κ2) is 23.1. The van der Waals surface area contributed by atoms with Gasteiger partial charge in [-0.2, -0.15) is 0 Å². The number of benzene rings is 1. The van der Waals surface area contributed by atoms with Gasteiger partial charge in [0.05, 0.1) is 10.3 Å². The number of carboxylic acids is 1. The van der Waals surface area contributed by atoms with Gasteiger partial charge in [0.25, 0.3) is 18.0 Å². The minimum Gasteiger partial charge on any atom is -0.481 e. The monoisotopic (exact) mass is 815 g/mol. The van der Waals surface area contributed by atoms with Crippen LogP contribution in [0.3, 0.4) is 0 Å². The third-order valence-electron chi connectivity index (χ3n) is 11.4. The number of carbonyl (C=O) groups excluding carboxylic acids is 2. The van der Waals surface area contributed by atoms with Crippen LogP contribution in [-0.2, 0) is 20.7 Å². The number of nitrogen functional groups attached to an aromatic ring is 1. The molecule has 0 aliphatic carbocycles. The summed E-state index contributed by atoms with van der Waals surface area (Å²) in [5.41, 5.74) is 9.73. The molecule has 2 heterocycles. The van der Waals surface area contributed by atoms with Crippen molar-refractivity contribution in [3.05, 3.63) is 50.8 Å². The van der Waals surface area contributed by atoms with Gasteiger partial charge in [-0.1, -0.05) is 72.4 Å². The van der Waals surface area contributed by atoms with Crippen molar-refractivity contribution in [1.82, 2.24) is 25.5 Å². The van der Waals surface area contributed by atoms with Crippen molar-refractivity contribution < 1.29 is 29.1 Å². The SMILES string of the molecule is CCCCCCN(C(=O)[C@@H](N[N+](=O)[C@H]1CCCCN1C)[C@@H](C)CC)[C@H](C[C@@H](OCC)c1nc(C(=O)N[C@@H](Cc2ccc(N)cc2)CC(C)(C)C(=O)O)cs1)C(C)C. The van der Waals surface area contributed by atoms with Crippen LogP contribution in [0.15, 0.2) is 29.6 Å². The van der Waals surface area contributed by atoms with Gasteiger partial charge in [0.15, 0.2) is 6.04 Å². The van der Waals surface area contributed by atoms with E-state index < -0.39 is 35.5 Å². The fraction of sp³-hybridized carbons (Fsp3) is 0.721. The molecular weight excluding hydrogens is 743 g/mol. The number of anilines is 1. The molecule has 13 nitrogen and oxygen atoms in total. The molecule has 14 heteroatoms. The van der Waals surface area contributed by atoms with Crippen LogP contribution in [0.1, 0.15) is 147 Å². The summed E-state index contributed by atoms with van der Waals surface area (Å²) < 4.78 is 6.34. The van der Waals surface area contributed by atoms with E-state index in [1.807, 2.05) is 37.9 Å². The normalized spacial score (nSPS) is 17.7. The summed E-state index contributed by atoms with van der Waals surface area (Å²) in [5, 5.41) is 15.3. The van der Waals surface area contributed by atoms with Crippen molar-refractivity contribution in [2.75, 3.05) is 32.5 Å². The Labute approximate surface area is 345 Å². The fourth-order valence-corrected chi connectivity index (χ4v) is 8.46. The lowest BCUT2D eigenvalue weighted by molar-refractivity contribution is -0.666. The van der Waals surface area contributed by atoms with Gasteiger partial charge in [-0.15, -0.1) is 16.8 Å². The molecule has 1 saturated heterocycles. The molecule has 0 bridgehead atoms. The molecule has 2 amide bonds. The lowest BCUT2D eigenvalue weighted by Crippen LogP contribution is -2.59. The third kappa shape index (κ3) is 14.3. The molecule has 5 N–H and O–H groups in total. The number of piperidine rings is 1. The summed E-state index contributed by atoms with van der Waals surface area (Å²) in [4.78, 5) is 64.1. The third-order valence-corrected chi connectivity index (χ3v) is 12.4. The molecule has 0 saturated carbocycles. The van der Waals surface area contributed by atoms with Crippen LogP contribution in [0, 0.1) is 22.2 Å².